The quantitative estimate of drug-likeness (QED) is 0.201. The number of aromatic amines is 2. The summed E-state index contributed by atoms with van der Waals surface area (Å²) in [5, 5.41) is 1.43. The summed E-state index contributed by atoms with van der Waals surface area (Å²) in [6, 6.07) is 10.6. The maximum Gasteiger partial charge on any atom is 0.350 e. The number of nitrogens with one attached hydrogen (secondary N) is 2. The summed E-state index contributed by atoms with van der Waals surface area (Å²) < 4.78 is 6.96. The molecule has 2 fully saturated rings. The minimum Gasteiger partial charge on any atom is -0.383 e. The van der Waals surface area contributed by atoms with Crippen LogP contribution in [0.15, 0.2) is 48.7 Å². The highest BCUT2D eigenvalue weighted by Gasteiger charge is 2.33. The van der Waals surface area contributed by atoms with Crippen LogP contribution >= 0.6 is 23.4 Å². The lowest BCUT2D eigenvalue weighted by Crippen LogP contribution is -2.49. The molecular formula is C33H40ClN9O3S. The van der Waals surface area contributed by atoms with Crippen LogP contribution in [0.4, 0.5) is 5.82 Å². The topological polar surface area (TPSA) is 127 Å². The van der Waals surface area contributed by atoms with Crippen molar-refractivity contribution in [1.29, 1.82) is 0 Å². The summed E-state index contributed by atoms with van der Waals surface area (Å²) >= 11 is 8.93. The van der Waals surface area contributed by atoms with E-state index >= 15 is 0 Å². The Morgan fingerprint density at radius 3 is 2.66 bits per heavy atom. The maximum atomic E-state index is 14.2. The van der Waals surface area contributed by atoms with Gasteiger partial charge in [0.2, 0.25) is 0 Å². The second-order valence-corrected chi connectivity index (χ2v) is 13.8. The third-order valence-corrected chi connectivity index (χ3v) is 11.1. The summed E-state index contributed by atoms with van der Waals surface area (Å²) in [6.07, 6.45) is 1.61. The van der Waals surface area contributed by atoms with Crippen LogP contribution in [-0.4, -0.2) is 120 Å². The lowest BCUT2D eigenvalue weighted by Gasteiger charge is -2.38. The number of rotatable bonds is 9. The van der Waals surface area contributed by atoms with E-state index < -0.39 is 0 Å². The molecule has 0 unspecified atom stereocenters. The summed E-state index contributed by atoms with van der Waals surface area (Å²) in [4.78, 5) is 53.8. The molecule has 0 aliphatic carbocycles. The second-order valence-electron chi connectivity index (χ2n) is 12.4. The highest BCUT2D eigenvalue weighted by Crippen LogP contribution is 2.48. The normalized spacial score (nSPS) is 19.4. The van der Waals surface area contributed by atoms with Gasteiger partial charge in [-0.1, -0.05) is 30.7 Å². The lowest BCUT2D eigenvalue weighted by atomic mass is 10.00. The number of hydrogen-bond acceptors (Lipinski definition) is 10. The van der Waals surface area contributed by atoms with Crippen molar-refractivity contribution in [3.63, 3.8) is 0 Å². The number of methoxy groups -OCH3 is 1. The van der Waals surface area contributed by atoms with Crippen molar-refractivity contribution < 1.29 is 4.74 Å². The van der Waals surface area contributed by atoms with Gasteiger partial charge in [0.05, 0.1) is 52.8 Å². The van der Waals surface area contributed by atoms with E-state index in [0.29, 0.717) is 48.1 Å². The Hall–Kier alpha value is -3.45. The number of fused-ring (bicyclic) bond motifs is 1. The number of anilines is 1. The molecular weight excluding hydrogens is 638 g/mol. The summed E-state index contributed by atoms with van der Waals surface area (Å²) in [6.45, 7) is 10.6. The number of halogens is 1. The van der Waals surface area contributed by atoms with Gasteiger partial charge in [-0.3, -0.25) is 9.47 Å². The van der Waals surface area contributed by atoms with Crippen LogP contribution in [0.2, 0.25) is 5.02 Å². The van der Waals surface area contributed by atoms with E-state index in [2.05, 4.69) is 47.6 Å². The molecule has 4 aromatic rings. The SMILES string of the molecule is CCN1CCN(C[C@H]2CSc3c(-c4cccc5[nH]c(=O)[nH]c45)c(Cl)cc4c(N5CCC(N=C=NCCOC)CC5)nc(=O)n2c34)CC1. The molecule has 0 amide bonds. The molecule has 14 heteroatoms. The highest BCUT2D eigenvalue weighted by molar-refractivity contribution is 7.99. The van der Waals surface area contributed by atoms with Gasteiger partial charge in [-0.15, -0.1) is 11.8 Å². The zero-order valence-corrected chi connectivity index (χ0v) is 28.4. The van der Waals surface area contributed by atoms with Gasteiger partial charge in [-0.05, 0) is 31.5 Å². The van der Waals surface area contributed by atoms with Crippen LogP contribution in [0.25, 0.3) is 33.1 Å². The number of piperazine rings is 1. The molecule has 3 aliphatic rings. The fraction of sp³-hybridized carbons (Fsp3) is 0.515. The summed E-state index contributed by atoms with van der Waals surface area (Å²) in [7, 11) is 1.65. The molecule has 2 N–H and O–H groups in total. The first-order chi connectivity index (χ1) is 22.9. The monoisotopic (exact) mass is 677 g/mol. The molecule has 1 atom stereocenters. The third-order valence-electron chi connectivity index (χ3n) is 9.57. The smallest absolute Gasteiger partial charge is 0.350 e. The summed E-state index contributed by atoms with van der Waals surface area (Å²) in [5.74, 6) is 1.39. The number of piperidine rings is 1. The molecule has 0 saturated carbocycles. The zero-order chi connectivity index (χ0) is 32.5. The van der Waals surface area contributed by atoms with E-state index in [0.717, 1.165) is 84.8 Å². The average molecular weight is 678 g/mol. The molecule has 12 nitrogen and oxygen atoms in total. The van der Waals surface area contributed by atoms with Gasteiger partial charge < -0.3 is 24.5 Å². The Labute approximate surface area is 281 Å². The first-order valence-corrected chi connectivity index (χ1v) is 17.7. The van der Waals surface area contributed by atoms with Crippen molar-refractivity contribution in [3.8, 4) is 11.1 Å². The predicted octanol–water partition coefficient (Wildman–Crippen LogP) is 3.96. The van der Waals surface area contributed by atoms with E-state index in [1.165, 1.54) is 0 Å². The third kappa shape index (κ3) is 6.40. The number of aliphatic imine (C=N–C) groups is 2. The van der Waals surface area contributed by atoms with Crippen molar-refractivity contribution in [1.82, 2.24) is 29.3 Å². The zero-order valence-electron chi connectivity index (χ0n) is 26.8. The number of para-hydroxylation sites is 1. The lowest BCUT2D eigenvalue weighted by molar-refractivity contribution is 0.126. The van der Waals surface area contributed by atoms with Gasteiger partial charge in [-0.2, -0.15) is 4.98 Å². The first kappa shape index (κ1) is 32.1. The van der Waals surface area contributed by atoms with Crippen molar-refractivity contribution in [2.75, 3.05) is 83.3 Å². The molecule has 2 aromatic carbocycles. The highest BCUT2D eigenvalue weighted by atomic mass is 35.5. The Morgan fingerprint density at radius 2 is 1.89 bits per heavy atom. The van der Waals surface area contributed by atoms with E-state index in [1.807, 2.05) is 28.8 Å². The van der Waals surface area contributed by atoms with Crippen molar-refractivity contribution in [2.24, 2.45) is 9.98 Å². The number of ether oxygens (including phenoxy) is 1. The van der Waals surface area contributed by atoms with Gasteiger partial charge in [0.25, 0.3) is 0 Å². The van der Waals surface area contributed by atoms with Crippen LogP contribution in [-0.2, 0) is 4.74 Å². The van der Waals surface area contributed by atoms with Crippen molar-refractivity contribution in [3.05, 3.63) is 50.3 Å². The Morgan fingerprint density at radius 1 is 1.11 bits per heavy atom. The van der Waals surface area contributed by atoms with E-state index in [4.69, 9.17) is 21.3 Å². The molecule has 0 bridgehead atoms. The largest absolute Gasteiger partial charge is 0.383 e. The van der Waals surface area contributed by atoms with E-state index in [1.54, 1.807) is 18.9 Å². The van der Waals surface area contributed by atoms with Gasteiger partial charge in [0.15, 0.2) is 0 Å². The number of likely N-dealkylation sites (N-methyl/N-ethyl adjacent to an activating group) is 1. The molecule has 2 aromatic heterocycles. The number of aromatic nitrogens is 4. The first-order valence-electron chi connectivity index (χ1n) is 16.4. The van der Waals surface area contributed by atoms with Crippen LogP contribution in [0.5, 0.6) is 0 Å². The van der Waals surface area contributed by atoms with Gasteiger partial charge in [-0.25, -0.2) is 19.6 Å². The molecule has 5 heterocycles. The van der Waals surface area contributed by atoms with Crippen molar-refractivity contribution in [2.45, 2.75) is 36.7 Å². The standard InChI is InChI=1S/C33H40ClN9O3S/c1-3-40-12-14-41(15-13-40)18-22-19-47-30-27(23-5-4-6-26-28(23)38-32(44)37-26)25(34)17-24-29(30)43(22)33(45)39-31(24)42-10-7-21(8-11-42)36-20-35-9-16-46-2/h4-6,17,21-22H,3,7-16,18-19H2,1-2H3,(H2,37,38,44)/t22-/m0/s1. The Balaban J connectivity index is 1.30. The number of imidazole rings is 1. The Kier molecular flexibility index (Phi) is 9.54. The predicted molar refractivity (Wildman–Crippen MR) is 189 cm³/mol. The van der Waals surface area contributed by atoms with Crippen LogP contribution < -0.4 is 16.3 Å². The van der Waals surface area contributed by atoms with Gasteiger partial charge in [0.1, 0.15) is 5.82 Å². The second kappa shape index (κ2) is 14.0. The molecule has 47 heavy (non-hydrogen) atoms. The average Bonchev–Trinajstić information content (AvgIpc) is 3.48. The van der Waals surface area contributed by atoms with Crippen molar-refractivity contribution >= 4 is 57.1 Å². The van der Waals surface area contributed by atoms with Crippen LogP contribution in [0.3, 0.4) is 0 Å². The van der Waals surface area contributed by atoms with Gasteiger partial charge >= 0.3 is 11.4 Å². The molecule has 2 saturated heterocycles. The van der Waals surface area contributed by atoms with Gasteiger partial charge in [0, 0.05) is 80.1 Å². The molecule has 3 aliphatic heterocycles. The number of H-pyrrole nitrogens is 2. The summed E-state index contributed by atoms with van der Waals surface area (Å²) in [5.41, 5.74) is 3.42. The fourth-order valence-electron chi connectivity index (χ4n) is 7.05. The number of hydrogen-bond donors (Lipinski definition) is 2. The number of thioether (sulfide) groups is 1. The maximum absolute atomic E-state index is 14.2. The minimum atomic E-state index is -0.272. The molecule has 0 radical (unpaired) electrons. The minimum absolute atomic E-state index is 0.0356. The Bertz CT molecular complexity index is 1950. The molecule has 7 rings (SSSR count). The van der Waals surface area contributed by atoms with E-state index in [9.17, 15) is 9.59 Å². The molecule has 0 spiro atoms. The number of nitrogens with zero attached hydrogens (tertiary/aromatic N) is 7. The molecule has 248 valence electrons. The van der Waals surface area contributed by atoms with E-state index in [-0.39, 0.29) is 23.5 Å². The van der Waals surface area contributed by atoms with Crippen LogP contribution in [0.1, 0.15) is 25.8 Å². The van der Waals surface area contributed by atoms with Crippen LogP contribution in [0, 0.1) is 0 Å². The fourth-order valence-corrected chi connectivity index (χ4v) is 8.74. The number of benzene rings is 2.